The van der Waals surface area contributed by atoms with Gasteiger partial charge in [0.05, 0.1) is 23.9 Å². The fourth-order valence-corrected chi connectivity index (χ4v) is 2.28. The SMILES string of the molecule is CC(C)C(O)C(C)(C)C(O)CC(O)CC(C)(C)O. The van der Waals surface area contributed by atoms with Gasteiger partial charge in [0, 0.05) is 11.8 Å². The standard InChI is InChI=1S/C14H30O4/c1-9(2)12(17)14(5,6)11(16)7-10(15)8-13(3,4)18/h9-12,15-18H,7-8H2,1-6H3. The van der Waals surface area contributed by atoms with Gasteiger partial charge in [0.25, 0.3) is 0 Å². The lowest BCUT2D eigenvalue weighted by atomic mass is 9.74. The van der Waals surface area contributed by atoms with Crippen LogP contribution in [0.3, 0.4) is 0 Å². The number of rotatable bonds is 7. The van der Waals surface area contributed by atoms with Crippen molar-refractivity contribution in [2.45, 2.75) is 78.3 Å². The molecule has 18 heavy (non-hydrogen) atoms. The van der Waals surface area contributed by atoms with Crippen molar-refractivity contribution in [1.82, 2.24) is 0 Å². The van der Waals surface area contributed by atoms with Crippen molar-refractivity contribution >= 4 is 0 Å². The third kappa shape index (κ3) is 5.65. The Hall–Kier alpha value is -0.160. The summed E-state index contributed by atoms with van der Waals surface area (Å²) in [6.45, 7) is 10.6. The van der Waals surface area contributed by atoms with Crippen molar-refractivity contribution in [2.24, 2.45) is 11.3 Å². The molecule has 0 aromatic carbocycles. The summed E-state index contributed by atoms with van der Waals surface area (Å²) in [6, 6.07) is 0. The van der Waals surface area contributed by atoms with Crippen LogP contribution in [0.5, 0.6) is 0 Å². The minimum atomic E-state index is -0.958. The van der Waals surface area contributed by atoms with Crippen LogP contribution >= 0.6 is 0 Å². The van der Waals surface area contributed by atoms with Crippen molar-refractivity contribution in [2.75, 3.05) is 0 Å². The molecule has 0 aliphatic rings. The second kappa shape index (κ2) is 6.33. The van der Waals surface area contributed by atoms with Crippen molar-refractivity contribution < 1.29 is 20.4 Å². The first-order chi connectivity index (χ1) is 7.88. The predicted octanol–water partition coefficient (Wildman–Crippen LogP) is 1.30. The highest BCUT2D eigenvalue weighted by Gasteiger charge is 2.38. The Balaban J connectivity index is 4.52. The van der Waals surface area contributed by atoms with Gasteiger partial charge in [0.2, 0.25) is 0 Å². The van der Waals surface area contributed by atoms with Crippen LogP contribution in [-0.2, 0) is 0 Å². The van der Waals surface area contributed by atoms with Crippen LogP contribution in [0.2, 0.25) is 0 Å². The lowest BCUT2D eigenvalue weighted by Crippen LogP contribution is -2.45. The maximum absolute atomic E-state index is 10.2. The molecule has 3 unspecified atom stereocenters. The summed E-state index contributed by atoms with van der Waals surface area (Å²) in [5, 5.41) is 39.7. The molecule has 0 rings (SSSR count). The molecule has 0 bridgehead atoms. The van der Waals surface area contributed by atoms with Crippen LogP contribution in [0, 0.1) is 11.3 Å². The summed E-state index contributed by atoms with van der Waals surface area (Å²) in [4.78, 5) is 0. The molecule has 0 radical (unpaired) electrons. The highest BCUT2D eigenvalue weighted by atomic mass is 16.3. The van der Waals surface area contributed by atoms with E-state index in [2.05, 4.69) is 0 Å². The van der Waals surface area contributed by atoms with E-state index in [0.717, 1.165) is 0 Å². The Morgan fingerprint density at radius 2 is 1.39 bits per heavy atom. The molecule has 0 heterocycles. The fraction of sp³-hybridized carbons (Fsp3) is 1.00. The normalized spacial score (nSPS) is 18.8. The molecule has 0 saturated carbocycles. The van der Waals surface area contributed by atoms with E-state index in [1.54, 1.807) is 27.7 Å². The van der Waals surface area contributed by atoms with Crippen LogP contribution < -0.4 is 0 Å². The Morgan fingerprint density at radius 3 is 1.72 bits per heavy atom. The minimum Gasteiger partial charge on any atom is -0.393 e. The van der Waals surface area contributed by atoms with E-state index < -0.39 is 29.3 Å². The first-order valence-electron chi connectivity index (χ1n) is 6.64. The van der Waals surface area contributed by atoms with Crippen molar-refractivity contribution in [1.29, 1.82) is 0 Å². The topological polar surface area (TPSA) is 80.9 Å². The molecule has 110 valence electrons. The average Bonchev–Trinajstić information content (AvgIpc) is 2.12. The van der Waals surface area contributed by atoms with Gasteiger partial charge < -0.3 is 20.4 Å². The van der Waals surface area contributed by atoms with Gasteiger partial charge in [0.15, 0.2) is 0 Å². The zero-order valence-corrected chi connectivity index (χ0v) is 12.5. The Kier molecular flexibility index (Phi) is 6.27. The zero-order chi connectivity index (χ0) is 14.7. The van der Waals surface area contributed by atoms with E-state index in [4.69, 9.17) is 0 Å². The van der Waals surface area contributed by atoms with Crippen molar-refractivity contribution in [3.8, 4) is 0 Å². The van der Waals surface area contributed by atoms with Crippen LogP contribution in [0.25, 0.3) is 0 Å². The molecule has 0 fully saturated rings. The molecule has 4 heteroatoms. The van der Waals surface area contributed by atoms with Crippen LogP contribution in [0.15, 0.2) is 0 Å². The first kappa shape index (κ1) is 17.8. The summed E-state index contributed by atoms with van der Waals surface area (Å²) in [5.41, 5.74) is -1.64. The van der Waals surface area contributed by atoms with E-state index in [1.807, 2.05) is 13.8 Å². The Morgan fingerprint density at radius 1 is 0.944 bits per heavy atom. The molecule has 0 spiro atoms. The summed E-state index contributed by atoms with van der Waals surface area (Å²) in [7, 11) is 0. The molecule has 3 atom stereocenters. The van der Waals surface area contributed by atoms with Gasteiger partial charge in [-0.1, -0.05) is 27.7 Å². The molecule has 4 N–H and O–H groups in total. The van der Waals surface area contributed by atoms with E-state index in [-0.39, 0.29) is 18.8 Å². The van der Waals surface area contributed by atoms with Gasteiger partial charge in [-0.15, -0.1) is 0 Å². The molecule has 0 aliphatic heterocycles. The highest BCUT2D eigenvalue weighted by molar-refractivity contribution is 4.88. The number of hydrogen-bond acceptors (Lipinski definition) is 4. The van der Waals surface area contributed by atoms with Gasteiger partial charge in [-0.3, -0.25) is 0 Å². The van der Waals surface area contributed by atoms with Gasteiger partial charge in [-0.05, 0) is 26.2 Å². The maximum Gasteiger partial charge on any atom is 0.0640 e. The lowest BCUT2D eigenvalue weighted by Gasteiger charge is -2.38. The van der Waals surface area contributed by atoms with Gasteiger partial charge in [-0.25, -0.2) is 0 Å². The average molecular weight is 262 g/mol. The Bertz CT molecular complexity index is 243. The van der Waals surface area contributed by atoms with Crippen LogP contribution in [0.1, 0.15) is 54.4 Å². The minimum absolute atomic E-state index is 0.0427. The predicted molar refractivity (Wildman–Crippen MR) is 72.2 cm³/mol. The number of aliphatic hydroxyl groups excluding tert-OH is 3. The number of aliphatic hydroxyl groups is 4. The molecule has 4 nitrogen and oxygen atoms in total. The Labute approximate surface area is 111 Å². The second-order valence-electron chi connectivity index (χ2n) is 6.93. The lowest BCUT2D eigenvalue weighted by molar-refractivity contribution is -0.0887. The smallest absolute Gasteiger partial charge is 0.0640 e. The van der Waals surface area contributed by atoms with Crippen molar-refractivity contribution in [3.05, 3.63) is 0 Å². The molecule has 0 aromatic rings. The van der Waals surface area contributed by atoms with Gasteiger partial charge in [-0.2, -0.15) is 0 Å². The van der Waals surface area contributed by atoms with E-state index in [9.17, 15) is 20.4 Å². The monoisotopic (exact) mass is 262 g/mol. The molecular weight excluding hydrogens is 232 g/mol. The second-order valence-corrected chi connectivity index (χ2v) is 6.93. The summed E-state index contributed by atoms with van der Waals surface area (Å²) in [5.74, 6) is 0.0427. The van der Waals surface area contributed by atoms with Crippen molar-refractivity contribution in [3.63, 3.8) is 0 Å². The summed E-state index contributed by atoms with van der Waals surface area (Å²) < 4.78 is 0. The third-order valence-electron chi connectivity index (χ3n) is 3.48. The maximum atomic E-state index is 10.2. The first-order valence-corrected chi connectivity index (χ1v) is 6.64. The molecule has 0 amide bonds. The third-order valence-corrected chi connectivity index (χ3v) is 3.48. The van der Waals surface area contributed by atoms with Gasteiger partial charge in [0.1, 0.15) is 0 Å². The largest absolute Gasteiger partial charge is 0.393 e. The fourth-order valence-electron chi connectivity index (χ4n) is 2.28. The zero-order valence-electron chi connectivity index (χ0n) is 12.5. The summed E-state index contributed by atoms with van der Waals surface area (Å²) >= 11 is 0. The van der Waals surface area contributed by atoms with Crippen LogP contribution in [-0.4, -0.2) is 44.3 Å². The molecular formula is C14H30O4. The van der Waals surface area contributed by atoms with Gasteiger partial charge >= 0.3 is 0 Å². The number of hydrogen-bond donors (Lipinski definition) is 4. The molecule has 0 aliphatic carbocycles. The quantitative estimate of drug-likeness (QED) is 0.557. The van der Waals surface area contributed by atoms with E-state index in [0.29, 0.717) is 0 Å². The van der Waals surface area contributed by atoms with Crippen LogP contribution in [0.4, 0.5) is 0 Å². The summed E-state index contributed by atoms with van der Waals surface area (Å²) in [6.07, 6.45) is -1.87. The molecule has 0 saturated heterocycles. The van der Waals surface area contributed by atoms with E-state index in [1.165, 1.54) is 0 Å². The molecule has 0 aromatic heterocycles. The highest BCUT2D eigenvalue weighted by Crippen LogP contribution is 2.32. The van der Waals surface area contributed by atoms with E-state index >= 15 is 0 Å².